The number of aromatic nitrogens is 1. The molecular formula is C16H19ClN2O2. The summed E-state index contributed by atoms with van der Waals surface area (Å²) in [5.74, 6) is 1.10. The molecule has 1 unspecified atom stereocenters. The number of amides is 1. The van der Waals surface area contributed by atoms with Gasteiger partial charge in [0.15, 0.2) is 11.5 Å². The van der Waals surface area contributed by atoms with Crippen LogP contribution in [0.1, 0.15) is 37.1 Å². The SMILES string of the molecule is Cc1cccc2nc(C3CCN(C(=O)C(C)Cl)CC3)oc12. The lowest BCUT2D eigenvalue weighted by molar-refractivity contribution is -0.131. The van der Waals surface area contributed by atoms with E-state index in [-0.39, 0.29) is 11.8 Å². The Morgan fingerprint density at radius 3 is 2.76 bits per heavy atom. The minimum absolute atomic E-state index is 0.0172. The number of rotatable bonds is 2. The molecule has 112 valence electrons. The first-order valence-electron chi connectivity index (χ1n) is 7.35. The van der Waals surface area contributed by atoms with Crippen molar-refractivity contribution in [2.75, 3.05) is 13.1 Å². The largest absolute Gasteiger partial charge is 0.440 e. The molecule has 0 spiro atoms. The number of likely N-dealkylation sites (tertiary alicyclic amines) is 1. The quantitative estimate of drug-likeness (QED) is 0.798. The van der Waals surface area contributed by atoms with Crippen LogP contribution in [0.15, 0.2) is 22.6 Å². The van der Waals surface area contributed by atoms with Crippen LogP contribution >= 0.6 is 11.6 Å². The van der Waals surface area contributed by atoms with Gasteiger partial charge in [0.25, 0.3) is 0 Å². The lowest BCUT2D eigenvalue weighted by Crippen LogP contribution is -2.41. The van der Waals surface area contributed by atoms with Gasteiger partial charge < -0.3 is 9.32 Å². The third-order valence-corrected chi connectivity index (χ3v) is 4.31. The van der Waals surface area contributed by atoms with Crippen molar-refractivity contribution >= 4 is 28.6 Å². The van der Waals surface area contributed by atoms with Gasteiger partial charge in [-0.25, -0.2) is 4.98 Å². The lowest BCUT2D eigenvalue weighted by atomic mass is 9.96. The Kier molecular flexibility index (Phi) is 3.89. The van der Waals surface area contributed by atoms with Crippen LogP contribution in [0, 0.1) is 6.92 Å². The molecule has 21 heavy (non-hydrogen) atoms. The molecule has 1 atom stereocenters. The van der Waals surface area contributed by atoms with E-state index in [0.717, 1.165) is 48.5 Å². The maximum Gasteiger partial charge on any atom is 0.240 e. The first kappa shape index (κ1) is 14.4. The van der Waals surface area contributed by atoms with Crippen molar-refractivity contribution in [3.05, 3.63) is 29.7 Å². The molecule has 0 bridgehead atoms. The van der Waals surface area contributed by atoms with E-state index in [1.54, 1.807) is 6.92 Å². The van der Waals surface area contributed by atoms with E-state index in [4.69, 9.17) is 16.0 Å². The highest BCUT2D eigenvalue weighted by Gasteiger charge is 2.28. The number of piperidine rings is 1. The molecule has 1 aromatic carbocycles. The number of benzene rings is 1. The topological polar surface area (TPSA) is 46.3 Å². The van der Waals surface area contributed by atoms with Crippen LogP contribution in [-0.4, -0.2) is 34.3 Å². The van der Waals surface area contributed by atoms with Gasteiger partial charge >= 0.3 is 0 Å². The van der Waals surface area contributed by atoms with Crippen LogP contribution in [0.5, 0.6) is 0 Å². The lowest BCUT2D eigenvalue weighted by Gasteiger charge is -2.31. The van der Waals surface area contributed by atoms with Crippen LogP contribution in [0.4, 0.5) is 0 Å². The average molecular weight is 307 g/mol. The van der Waals surface area contributed by atoms with Crippen molar-refractivity contribution in [2.45, 2.75) is 38.0 Å². The van der Waals surface area contributed by atoms with Gasteiger partial charge in [0.2, 0.25) is 5.91 Å². The number of halogens is 1. The van der Waals surface area contributed by atoms with E-state index in [0.29, 0.717) is 0 Å². The summed E-state index contributed by atoms with van der Waals surface area (Å²) in [5, 5.41) is -0.450. The van der Waals surface area contributed by atoms with Crippen molar-refractivity contribution in [1.29, 1.82) is 0 Å². The van der Waals surface area contributed by atoms with Gasteiger partial charge in [-0.1, -0.05) is 12.1 Å². The fraction of sp³-hybridized carbons (Fsp3) is 0.500. The summed E-state index contributed by atoms with van der Waals surface area (Å²) < 4.78 is 5.94. The molecule has 4 nitrogen and oxygen atoms in total. The predicted octanol–water partition coefficient (Wildman–Crippen LogP) is 3.47. The molecular weight excluding hydrogens is 288 g/mol. The number of aryl methyl sites for hydroxylation is 1. The number of fused-ring (bicyclic) bond motifs is 1. The number of carbonyl (C=O) groups excluding carboxylic acids is 1. The van der Waals surface area contributed by atoms with Crippen LogP contribution < -0.4 is 0 Å². The van der Waals surface area contributed by atoms with Crippen LogP contribution in [0.2, 0.25) is 0 Å². The summed E-state index contributed by atoms with van der Waals surface area (Å²) in [6.07, 6.45) is 1.75. The fourth-order valence-corrected chi connectivity index (χ4v) is 3.01. The van der Waals surface area contributed by atoms with Gasteiger partial charge in [-0.2, -0.15) is 0 Å². The molecule has 0 saturated carbocycles. The van der Waals surface area contributed by atoms with Crippen molar-refractivity contribution in [2.24, 2.45) is 0 Å². The second-order valence-corrected chi connectivity index (χ2v) is 6.35. The van der Waals surface area contributed by atoms with Crippen LogP contribution in [-0.2, 0) is 4.79 Å². The summed E-state index contributed by atoms with van der Waals surface area (Å²) in [7, 11) is 0. The maximum atomic E-state index is 11.9. The number of hydrogen-bond donors (Lipinski definition) is 0. The third kappa shape index (κ3) is 2.77. The van der Waals surface area contributed by atoms with Crippen LogP contribution in [0.25, 0.3) is 11.1 Å². The summed E-state index contributed by atoms with van der Waals surface area (Å²) in [6.45, 7) is 5.19. The smallest absolute Gasteiger partial charge is 0.240 e. The Morgan fingerprint density at radius 1 is 1.43 bits per heavy atom. The maximum absolute atomic E-state index is 11.9. The fourth-order valence-electron chi connectivity index (χ4n) is 2.88. The molecule has 1 fully saturated rings. The Balaban J connectivity index is 1.74. The predicted molar refractivity (Wildman–Crippen MR) is 82.6 cm³/mol. The highest BCUT2D eigenvalue weighted by atomic mass is 35.5. The molecule has 0 aliphatic carbocycles. The number of hydrogen-bond acceptors (Lipinski definition) is 3. The van der Waals surface area contributed by atoms with Gasteiger partial charge in [-0.05, 0) is 38.3 Å². The summed E-state index contributed by atoms with van der Waals surface area (Å²) in [5.41, 5.74) is 2.90. The average Bonchev–Trinajstić information content (AvgIpc) is 2.92. The van der Waals surface area contributed by atoms with Crippen LogP contribution in [0.3, 0.4) is 0 Å². The van der Waals surface area contributed by atoms with Gasteiger partial charge in [0.1, 0.15) is 10.9 Å². The van der Waals surface area contributed by atoms with Crippen molar-refractivity contribution in [1.82, 2.24) is 9.88 Å². The Bertz CT molecular complexity index is 657. The Morgan fingerprint density at radius 2 is 2.14 bits per heavy atom. The molecule has 1 amide bonds. The summed E-state index contributed by atoms with van der Waals surface area (Å²) in [4.78, 5) is 18.3. The summed E-state index contributed by atoms with van der Waals surface area (Å²) >= 11 is 5.86. The standard InChI is InChI=1S/C16H19ClN2O2/c1-10-4-3-5-13-14(10)21-15(18-13)12-6-8-19(9-7-12)16(20)11(2)17/h3-5,11-12H,6-9H2,1-2H3. The van der Waals surface area contributed by atoms with E-state index in [9.17, 15) is 4.79 Å². The van der Waals surface area contributed by atoms with E-state index < -0.39 is 5.38 Å². The second-order valence-electron chi connectivity index (χ2n) is 5.69. The Labute approximate surface area is 129 Å². The van der Waals surface area contributed by atoms with Gasteiger partial charge in [0.05, 0.1) is 0 Å². The van der Waals surface area contributed by atoms with E-state index in [1.807, 2.05) is 30.0 Å². The third-order valence-electron chi connectivity index (χ3n) is 4.12. The first-order valence-corrected chi connectivity index (χ1v) is 7.79. The van der Waals surface area contributed by atoms with Crippen molar-refractivity contribution in [3.8, 4) is 0 Å². The molecule has 1 aromatic heterocycles. The summed E-state index contributed by atoms with van der Waals surface area (Å²) in [6, 6.07) is 6.00. The number of nitrogens with zero attached hydrogens (tertiary/aromatic N) is 2. The minimum Gasteiger partial charge on any atom is -0.440 e. The number of carbonyl (C=O) groups is 1. The molecule has 0 N–H and O–H groups in total. The highest BCUT2D eigenvalue weighted by Crippen LogP contribution is 2.31. The Hall–Kier alpha value is -1.55. The molecule has 2 aromatic rings. The molecule has 2 heterocycles. The van der Waals surface area contributed by atoms with E-state index >= 15 is 0 Å². The van der Waals surface area contributed by atoms with Gasteiger partial charge in [0, 0.05) is 19.0 Å². The zero-order valence-corrected chi connectivity index (χ0v) is 13.1. The minimum atomic E-state index is -0.450. The molecule has 3 rings (SSSR count). The molecule has 5 heteroatoms. The van der Waals surface area contributed by atoms with E-state index in [1.165, 1.54) is 0 Å². The van der Waals surface area contributed by atoms with Crippen molar-refractivity contribution < 1.29 is 9.21 Å². The molecule has 1 aliphatic heterocycles. The first-order chi connectivity index (χ1) is 10.1. The monoisotopic (exact) mass is 306 g/mol. The second kappa shape index (κ2) is 5.68. The van der Waals surface area contributed by atoms with Gasteiger partial charge in [-0.3, -0.25) is 4.79 Å². The molecule has 1 aliphatic rings. The van der Waals surface area contributed by atoms with Crippen molar-refractivity contribution in [3.63, 3.8) is 0 Å². The zero-order valence-electron chi connectivity index (χ0n) is 12.3. The van der Waals surface area contributed by atoms with Gasteiger partial charge in [-0.15, -0.1) is 11.6 Å². The number of alkyl halides is 1. The number of oxazole rings is 1. The highest BCUT2D eigenvalue weighted by molar-refractivity contribution is 6.30. The molecule has 0 radical (unpaired) electrons. The zero-order chi connectivity index (χ0) is 15.0. The van der Waals surface area contributed by atoms with E-state index in [2.05, 4.69) is 4.98 Å². The normalized spacial score (nSPS) is 18.1. The number of para-hydroxylation sites is 1. The molecule has 1 saturated heterocycles.